The van der Waals surface area contributed by atoms with Gasteiger partial charge < -0.3 is 9.72 Å². The van der Waals surface area contributed by atoms with Gasteiger partial charge in [0.1, 0.15) is 16.9 Å². The van der Waals surface area contributed by atoms with Crippen molar-refractivity contribution in [2.24, 2.45) is 0 Å². The van der Waals surface area contributed by atoms with Gasteiger partial charge in [0.05, 0.1) is 5.69 Å². The van der Waals surface area contributed by atoms with E-state index in [1.807, 2.05) is 6.92 Å². The van der Waals surface area contributed by atoms with Crippen molar-refractivity contribution in [3.05, 3.63) is 26.3 Å². The van der Waals surface area contributed by atoms with Gasteiger partial charge in [0, 0.05) is 6.61 Å². The molecule has 0 atom stereocenters. The minimum Gasteiger partial charge on any atom is -0.374 e. The summed E-state index contributed by atoms with van der Waals surface area (Å²) in [4.78, 5) is 18.0. The number of ether oxygens (including phenoxy) is 1. The maximum absolute atomic E-state index is 11.2. The molecule has 0 aliphatic carbocycles. The maximum Gasteiger partial charge on any atom is 0.265 e. The number of halogens is 1. The molecule has 5 heteroatoms. The van der Waals surface area contributed by atoms with Gasteiger partial charge in [-0.05, 0) is 29.8 Å². The van der Waals surface area contributed by atoms with Crippen molar-refractivity contribution in [1.82, 2.24) is 9.97 Å². The van der Waals surface area contributed by atoms with E-state index >= 15 is 0 Å². The Morgan fingerprint density at radius 2 is 2.31 bits per heavy atom. The third kappa shape index (κ3) is 2.63. The molecule has 1 rings (SSSR count). The van der Waals surface area contributed by atoms with Crippen molar-refractivity contribution in [3.63, 3.8) is 0 Å². The first-order valence-corrected chi connectivity index (χ1v) is 4.77. The second kappa shape index (κ2) is 4.53. The van der Waals surface area contributed by atoms with Crippen LogP contribution in [0.25, 0.3) is 0 Å². The molecule has 0 unspecified atom stereocenters. The van der Waals surface area contributed by atoms with Crippen LogP contribution in [0, 0.1) is 6.92 Å². The highest BCUT2D eigenvalue weighted by atomic mass is 79.9. The van der Waals surface area contributed by atoms with Gasteiger partial charge >= 0.3 is 0 Å². The van der Waals surface area contributed by atoms with Crippen LogP contribution in [0.1, 0.15) is 18.4 Å². The molecular weight excluding hydrogens is 236 g/mol. The minimum atomic E-state index is -0.165. The number of aromatic nitrogens is 2. The monoisotopic (exact) mass is 246 g/mol. The van der Waals surface area contributed by atoms with Gasteiger partial charge in [-0.1, -0.05) is 0 Å². The second-order valence-electron chi connectivity index (χ2n) is 2.55. The highest BCUT2D eigenvalue weighted by molar-refractivity contribution is 9.10. The Morgan fingerprint density at radius 3 is 2.85 bits per heavy atom. The van der Waals surface area contributed by atoms with Crippen molar-refractivity contribution in [2.45, 2.75) is 20.5 Å². The quantitative estimate of drug-likeness (QED) is 0.877. The van der Waals surface area contributed by atoms with E-state index in [-0.39, 0.29) is 5.56 Å². The fourth-order valence-electron chi connectivity index (χ4n) is 0.897. The van der Waals surface area contributed by atoms with Gasteiger partial charge in [0.25, 0.3) is 5.56 Å². The zero-order chi connectivity index (χ0) is 9.84. The van der Waals surface area contributed by atoms with Crippen LogP contribution >= 0.6 is 15.9 Å². The van der Waals surface area contributed by atoms with Crippen LogP contribution < -0.4 is 5.56 Å². The van der Waals surface area contributed by atoms with Crippen molar-refractivity contribution in [2.75, 3.05) is 6.61 Å². The summed E-state index contributed by atoms with van der Waals surface area (Å²) >= 11 is 3.13. The van der Waals surface area contributed by atoms with Crippen molar-refractivity contribution < 1.29 is 4.74 Å². The first kappa shape index (κ1) is 10.4. The topological polar surface area (TPSA) is 55.0 Å². The lowest BCUT2D eigenvalue weighted by Gasteiger charge is -2.02. The molecule has 0 amide bonds. The standard InChI is InChI=1S/C8H11BrN2O2/c1-3-13-4-6-10-5(2)7(9)8(12)11-6/h3-4H2,1-2H3,(H,10,11,12). The minimum absolute atomic E-state index is 0.165. The normalized spacial score (nSPS) is 10.4. The molecule has 1 N–H and O–H groups in total. The summed E-state index contributed by atoms with van der Waals surface area (Å²) < 4.78 is 5.60. The fraction of sp³-hybridized carbons (Fsp3) is 0.500. The van der Waals surface area contributed by atoms with Crippen molar-refractivity contribution in [3.8, 4) is 0 Å². The Labute approximate surface area is 84.5 Å². The van der Waals surface area contributed by atoms with E-state index in [1.165, 1.54) is 0 Å². The SMILES string of the molecule is CCOCc1nc(C)c(Br)c(=O)[nH]1. The third-order valence-electron chi connectivity index (χ3n) is 1.52. The van der Waals surface area contributed by atoms with Crippen LogP contribution in [-0.4, -0.2) is 16.6 Å². The summed E-state index contributed by atoms with van der Waals surface area (Å²) in [5.74, 6) is 0.563. The molecule has 0 fully saturated rings. The summed E-state index contributed by atoms with van der Waals surface area (Å²) in [6.45, 7) is 4.62. The Hall–Kier alpha value is -0.680. The lowest BCUT2D eigenvalue weighted by atomic mass is 10.4. The van der Waals surface area contributed by atoms with Gasteiger partial charge in [-0.3, -0.25) is 4.79 Å². The summed E-state index contributed by atoms with van der Waals surface area (Å²) in [7, 11) is 0. The van der Waals surface area contributed by atoms with E-state index in [0.29, 0.717) is 29.2 Å². The van der Waals surface area contributed by atoms with Crippen LogP contribution in [0.2, 0.25) is 0 Å². The van der Waals surface area contributed by atoms with E-state index in [4.69, 9.17) is 4.74 Å². The molecule has 1 aromatic heterocycles. The number of hydrogen-bond donors (Lipinski definition) is 1. The van der Waals surface area contributed by atoms with Gasteiger partial charge in [0.15, 0.2) is 0 Å². The average Bonchev–Trinajstić information content (AvgIpc) is 2.10. The van der Waals surface area contributed by atoms with Gasteiger partial charge in [-0.15, -0.1) is 0 Å². The molecule has 4 nitrogen and oxygen atoms in total. The lowest BCUT2D eigenvalue weighted by Crippen LogP contribution is -2.14. The zero-order valence-corrected chi connectivity index (χ0v) is 9.14. The number of aromatic amines is 1. The largest absolute Gasteiger partial charge is 0.374 e. The molecule has 0 aliphatic heterocycles. The second-order valence-corrected chi connectivity index (χ2v) is 3.34. The zero-order valence-electron chi connectivity index (χ0n) is 7.56. The molecule has 0 saturated carbocycles. The van der Waals surface area contributed by atoms with Crippen molar-refractivity contribution in [1.29, 1.82) is 0 Å². The number of nitrogens with zero attached hydrogens (tertiary/aromatic N) is 1. The summed E-state index contributed by atoms with van der Waals surface area (Å²) in [5, 5.41) is 0. The van der Waals surface area contributed by atoms with Crippen LogP contribution in [0.15, 0.2) is 9.27 Å². The Bertz CT molecular complexity index is 348. The molecule has 0 radical (unpaired) electrons. The Morgan fingerprint density at radius 1 is 1.62 bits per heavy atom. The van der Waals surface area contributed by atoms with Crippen LogP contribution in [0.5, 0.6) is 0 Å². The third-order valence-corrected chi connectivity index (χ3v) is 2.45. The van der Waals surface area contributed by atoms with E-state index in [9.17, 15) is 4.79 Å². The molecule has 1 aromatic rings. The average molecular weight is 247 g/mol. The number of nitrogens with one attached hydrogen (secondary N) is 1. The van der Waals surface area contributed by atoms with E-state index in [0.717, 1.165) is 0 Å². The Kier molecular flexibility index (Phi) is 3.62. The number of aryl methyl sites for hydroxylation is 1. The predicted molar refractivity (Wildman–Crippen MR) is 52.6 cm³/mol. The van der Waals surface area contributed by atoms with Gasteiger partial charge in [-0.25, -0.2) is 4.98 Å². The number of hydrogen-bond acceptors (Lipinski definition) is 3. The summed E-state index contributed by atoms with van der Waals surface area (Å²) in [6.07, 6.45) is 0. The molecule has 72 valence electrons. The highest BCUT2D eigenvalue weighted by Gasteiger charge is 2.03. The predicted octanol–water partition coefficient (Wildman–Crippen LogP) is 1.38. The molecular formula is C8H11BrN2O2. The number of rotatable bonds is 3. The first-order valence-electron chi connectivity index (χ1n) is 3.98. The Balaban J connectivity index is 2.93. The molecule has 13 heavy (non-hydrogen) atoms. The fourth-order valence-corrected chi connectivity index (χ4v) is 1.08. The molecule has 1 heterocycles. The van der Waals surface area contributed by atoms with Crippen molar-refractivity contribution >= 4 is 15.9 Å². The molecule has 0 aromatic carbocycles. The highest BCUT2D eigenvalue weighted by Crippen LogP contribution is 2.06. The van der Waals surface area contributed by atoms with Gasteiger partial charge in [0.2, 0.25) is 0 Å². The first-order chi connectivity index (χ1) is 6.15. The van der Waals surface area contributed by atoms with Crippen LogP contribution in [0.4, 0.5) is 0 Å². The molecule has 0 aliphatic rings. The molecule has 0 spiro atoms. The lowest BCUT2D eigenvalue weighted by molar-refractivity contribution is 0.128. The van der Waals surface area contributed by atoms with Crippen LogP contribution in [0.3, 0.4) is 0 Å². The van der Waals surface area contributed by atoms with E-state index in [2.05, 4.69) is 25.9 Å². The molecule has 0 saturated heterocycles. The number of H-pyrrole nitrogens is 1. The maximum atomic E-state index is 11.2. The van der Waals surface area contributed by atoms with Gasteiger partial charge in [-0.2, -0.15) is 0 Å². The smallest absolute Gasteiger partial charge is 0.265 e. The summed E-state index contributed by atoms with van der Waals surface area (Å²) in [5.41, 5.74) is 0.514. The summed E-state index contributed by atoms with van der Waals surface area (Å²) in [6, 6.07) is 0. The van der Waals surface area contributed by atoms with E-state index < -0.39 is 0 Å². The van der Waals surface area contributed by atoms with Crippen LogP contribution in [-0.2, 0) is 11.3 Å². The van der Waals surface area contributed by atoms with E-state index in [1.54, 1.807) is 6.92 Å². The molecule has 0 bridgehead atoms.